The van der Waals surface area contributed by atoms with E-state index in [1.807, 2.05) is 23.2 Å². The summed E-state index contributed by atoms with van der Waals surface area (Å²) in [6.45, 7) is 2.90. The number of aromatic amines is 1. The van der Waals surface area contributed by atoms with Gasteiger partial charge in [-0.15, -0.1) is 5.10 Å². The zero-order valence-electron chi connectivity index (χ0n) is 19.3. The van der Waals surface area contributed by atoms with Crippen molar-refractivity contribution >= 4 is 33.9 Å². The van der Waals surface area contributed by atoms with E-state index in [1.54, 1.807) is 19.2 Å². The van der Waals surface area contributed by atoms with Gasteiger partial charge in [-0.1, -0.05) is 11.3 Å². The molecule has 1 aliphatic heterocycles. The summed E-state index contributed by atoms with van der Waals surface area (Å²) in [4.78, 5) is 25.9. The number of amides is 1. The van der Waals surface area contributed by atoms with E-state index in [1.165, 1.54) is 4.68 Å². The summed E-state index contributed by atoms with van der Waals surface area (Å²) < 4.78 is 27.0. The molecule has 1 saturated carbocycles. The van der Waals surface area contributed by atoms with Crippen molar-refractivity contribution in [1.82, 2.24) is 34.8 Å². The van der Waals surface area contributed by atoms with Crippen LogP contribution in [0.5, 0.6) is 0 Å². The average Bonchev–Trinajstić information content (AvgIpc) is 3.41. The summed E-state index contributed by atoms with van der Waals surface area (Å²) in [6.07, 6.45) is 5.40. The minimum Gasteiger partial charge on any atom is -0.351 e. The summed E-state index contributed by atoms with van der Waals surface area (Å²) in [7, 11) is 0. The van der Waals surface area contributed by atoms with Crippen LogP contribution in [0.1, 0.15) is 32.6 Å². The monoisotopic (exact) mass is 480 g/mol. The molecule has 1 spiro atoms. The number of carbonyl (C=O) groups excluding carboxylic acids is 1. The molecule has 0 bridgehead atoms. The Balaban J connectivity index is 1.17. The molecule has 9 nitrogen and oxygen atoms in total. The molecule has 2 fully saturated rings. The number of rotatable bonds is 5. The molecule has 11 heteroatoms. The van der Waals surface area contributed by atoms with Crippen LogP contribution in [0.15, 0.2) is 30.6 Å². The number of aromatic nitrogens is 6. The first-order valence-corrected chi connectivity index (χ1v) is 11.9. The third-order valence-electron chi connectivity index (χ3n) is 7.45. The second kappa shape index (κ2) is 8.24. The number of benzene rings is 1. The van der Waals surface area contributed by atoms with Crippen LogP contribution in [0.2, 0.25) is 0 Å². The van der Waals surface area contributed by atoms with Gasteiger partial charge in [-0.25, -0.2) is 18.4 Å². The Kier molecular flexibility index (Phi) is 5.15. The van der Waals surface area contributed by atoms with Crippen molar-refractivity contribution in [2.24, 2.45) is 5.41 Å². The number of anilines is 1. The summed E-state index contributed by atoms with van der Waals surface area (Å²) >= 11 is 0. The number of hydrogen-bond donors (Lipinski definition) is 2. The van der Waals surface area contributed by atoms with Crippen molar-refractivity contribution in [3.05, 3.63) is 30.6 Å². The Hall–Kier alpha value is -3.63. The first kappa shape index (κ1) is 21.9. The first-order valence-electron chi connectivity index (χ1n) is 11.9. The van der Waals surface area contributed by atoms with E-state index in [4.69, 9.17) is 0 Å². The van der Waals surface area contributed by atoms with E-state index in [0.29, 0.717) is 34.1 Å². The van der Waals surface area contributed by atoms with Crippen molar-refractivity contribution in [3.8, 4) is 11.1 Å². The minimum atomic E-state index is -2.50. The van der Waals surface area contributed by atoms with Gasteiger partial charge >= 0.3 is 0 Å². The summed E-state index contributed by atoms with van der Waals surface area (Å²) in [5, 5.41) is 12.1. The van der Waals surface area contributed by atoms with Crippen LogP contribution in [0.25, 0.3) is 33.2 Å². The lowest BCUT2D eigenvalue weighted by atomic mass is 9.67. The molecule has 1 amide bonds. The second-order valence-corrected chi connectivity index (χ2v) is 9.82. The molecule has 1 saturated heterocycles. The highest BCUT2D eigenvalue weighted by Crippen LogP contribution is 2.44. The number of likely N-dealkylation sites (tertiary alicyclic amines) is 1. The van der Waals surface area contributed by atoms with Crippen LogP contribution in [-0.2, 0) is 11.3 Å². The van der Waals surface area contributed by atoms with Gasteiger partial charge in [-0.2, -0.15) is 4.98 Å². The van der Waals surface area contributed by atoms with Gasteiger partial charge in [0, 0.05) is 54.8 Å². The highest BCUT2D eigenvalue weighted by molar-refractivity contribution is 5.95. The number of hydrogen-bond acceptors (Lipinski definition) is 6. The summed E-state index contributed by atoms with van der Waals surface area (Å²) in [5.74, 6) is 0.749. The molecule has 4 aromatic rings. The first-order chi connectivity index (χ1) is 16.9. The lowest BCUT2D eigenvalue weighted by Crippen LogP contribution is -2.59. The van der Waals surface area contributed by atoms with Gasteiger partial charge in [0.05, 0.1) is 5.52 Å². The largest absolute Gasteiger partial charge is 0.351 e. The minimum absolute atomic E-state index is 0.165. The Labute approximate surface area is 199 Å². The normalized spacial score (nSPS) is 18.0. The number of H-pyrrole nitrogens is 1. The molecule has 6 rings (SSSR count). The zero-order chi connectivity index (χ0) is 24.2. The van der Waals surface area contributed by atoms with Crippen molar-refractivity contribution in [2.45, 2.75) is 51.6 Å². The maximum atomic E-state index is 12.9. The molecule has 2 aliphatic rings. The number of nitrogens with one attached hydrogen (secondary N) is 2. The molecule has 0 atom stereocenters. The van der Waals surface area contributed by atoms with E-state index >= 15 is 0 Å². The molecule has 3 aromatic heterocycles. The van der Waals surface area contributed by atoms with Crippen molar-refractivity contribution in [1.29, 1.82) is 0 Å². The molecule has 4 heterocycles. The molecule has 182 valence electrons. The quantitative estimate of drug-likeness (QED) is 0.450. The van der Waals surface area contributed by atoms with Gasteiger partial charge in [0.1, 0.15) is 17.7 Å². The van der Waals surface area contributed by atoms with Crippen LogP contribution >= 0.6 is 0 Å². The third kappa shape index (κ3) is 3.98. The molecule has 0 radical (unpaired) electrons. The predicted molar refractivity (Wildman–Crippen MR) is 127 cm³/mol. The van der Waals surface area contributed by atoms with Gasteiger partial charge in [0.25, 0.3) is 6.43 Å². The number of fused-ring (bicyclic) bond motifs is 2. The molecule has 1 aliphatic carbocycles. The standard InChI is InChI=1S/C24H26F2N8O/c1-14(35)33-12-24(13-33)6-4-16(5-7-24)29-23-28-10-18-17(9-27-22(18)30-23)15-2-3-19-20(8-15)34(32-31-19)11-21(25)26/h2-3,8-10,16,21H,4-7,11-13H2,1H3,(H2,27,28,29,30). The Morgan fingerprint density at radius 3 is 2.83 bits per heavy atom. The highest BCUT2D eigenvalue weighted by atomic mass is 19.3. The maximum absolute atomic E-state index is 12.9. The van der Waals surface area contributed by atoms with E-state index < -0.39 is 13.0 Å². The Morgan fingerprint density at radius 2 is 2.09 bits per heavy atom. The van der Waals surface area contributed by atoms with Crippen LogP contribution in [-0.4, -0.2) is 66.3 Å². The molecule has 2 N–H and O–H groups in total. The van der Waals surface area contributed by atoms with E-state index in [9.17, 15) is 13.6 Å². The maximum Gasteiger partial charge on any atom is 0.258 e. The number of halogens is 2. The lowest BCUT2D eigenvalue weighted by molar-refractivity contribution is -0.143. The SMILES string of the molecule is CC(=O)N1CC2(CCC(Nc3ncc4c(-c5ccc6nnn(CC(F)F)c6c5)c[nH]c4n3)CC2)C1. The fraction of sp³-hybridized carbons (Fsp3) is 0.458. The highest BCUT2D eigenvalue weighted by Gasteiger charge is 2.46. The molecule has 0 unspecified atom stereocenters. The third-order valence-corrected chi connectivity index (χ3v) is 7.45. The van der Waals surface area contributed by atoms with E-state index in [-0.39, 0.29) is 5.91 Å². The van der Waals surface area contributed by atoms with Gasteiger partial charge in [0.15, 0.2) is 0 Å². The molecular weight excluding hydrogens is 454 g/mol. The van der Waals surface area contributed by atoms with Gasteiger partial charge in [0.2, 0.25) is 11.9 Å². The second-order valence-electron chi connectivity index (χ2n) is 9.82. The van der Waals surface area contributed by atoms with Crippen LogP contribution < -0.4 is 5.32 Å². The predicted octanol–water partition coefficient (Wildman–Crippen LogP) is 3.84. The van der Waals surface area contributed by atoms with Crippen LogP contribution in [0, 0.1) is 5.41 Å². The van der Waals surface area contributed by atoms with Crippen molar-refractivity contribution in [2.75, 3.05) is 18.4 Å². The molecular formula is C24H26F2N8O. The average molecular weight is 481 g/mol. The smallest absolute Gasteiger partial charge is 0.258 e. The zero-order valence-corrected chi connectivity index (χ0v) is 19.3. The Bertz CT molecular complexity index is 1400. The fourth-order valence-electron chi connectivity index (χ4n) is 5.47. The fourth-order valence-corrected chi connectivity index (χ4v) is 5.47. The molecule has 35 heavy (non-hydrogen) atoms. The number of alkyl halides is 2. The summed E-state index contributed by atoms with van der Waals surface area (Å²) in [6, 6.07) is 5.80. The Morgan fingerprint density at radius 1 is 1.29 bits per heavy atom. The summed E-state index contributed by atoms with van der Waals surface area (Å²) in [5.41, 5.74) is 3.87. The lowest BCUT2D eigenvalue weighted by Gasteiger charge is -2.53. The number of carbonyl (C=O) groups is 1. The van der Waals surface area contributed by atoms with E-state index in [2.05, 4.69) is 30.6 Å². The van der Waals surface area contributed by atoms with Crippen molar-refractivity contribution < 1.29 is 13.6 Å². The molecule has 1 aromatic carbocycles. The van der Waals surface area contributed by atoms with Gasteiger partial charge < -0.3 is 15.2 Å². The van der Waals surface area contributed by atoms with Gasteiger partial charge in [-0.05, 0) is 43.4 Å². The van der Waals surface area contributed by atoms with Crippen LogP contribution in [0.3, 0.4) is 0 Å². The van der Waals surface area contributed by atoms with Crippen LogP contribution in [0.4, 0.5) is 14.7 Å². The van der Waals surface area contributed by atoms with E-state index in [0.717, 1.165) is 55.3 Å². The topological polar surface area (TPSA) is 105 Å². The number of nitrogens with zero attached hydrogens (tertiary/aromatic N) is 6. The van der Waals surface area contributed by atoms with Gasteiger partial charge in [-0.3, -0.25) is 4.79 Å². The van der Waals surface area contributed by atoms with Crippen molar-refractivity contribution in [3.63, 3.8) is 0 Å².